The highest BCUT2D eigenvalue weighted by atomic mass is 35.5. The number of amides is 2. The molecule has 1 fully saturated rings. The minimum absolute atomic E-state index is 0.0513. The van der Waals surface area contributed by atoms with E-state index in [1.54, 1.807) is 36.1 Å². The Balaban J connectivity index is 1.62. The number of rotatable bonds is 5. The van der Waals surface area contributed by atoms with Gasteiger partial charge in [-0.05, 0) is 30.2 Å². The minimum atomic E-state index is -0.947. The number of halogens is 1. The van der Waals surface area contributed by atoms with Crippen LogP contribution in [0.25, 0.3) is 0 Å². The highest BCUT2D eigenvalue weighted by Gasteiger charge is 2.35. The predicted octanol–water partition coefficient (Wildman–Crippen LogP) is 0.262. The second-order valence-electron chi connectivity index (χ2n) is 6.39. The number of hydrogen-bond acceptors (Lipinski definition) is 4. The van der Waals surface area contributed by atoms with Crippen LogP contribution in [0.3, 0.4) is 0 Å². The molecule has 2 amide bonds. The van der Waals surface area contributed by atoms with Crippen LogP contribution in [0.15, 0.2) is 36.5 Å². The molecule has 1 aliphatic rings. The lowest BCUT2D eigenvalue weighted by atomic mass is 10.1. The Morgan fingerprint density at radius 2 is 2.04 bits per heavy atom. The minimum Gasteiger partial charge on any atom is -0.851 e. The number of aryl methyl sites for hydroxylation is 1. The summed E-state index contributed by atoms with van der Waals surface area (Å²) in [5.41, 5.74) is 1.64. The van der Waals surface area contributed by atoms with E-state index < -0.39 is 12.1 Å². The van der Waals surface area contributed by atoms with Crippen LogP contribution in [0.1, 0.15) is 17.7 Å². The molecule has 2 aromatic rings. The Morgan fingerprint density at radius 1 is 1.31 bits per heavy atom. The lowest BCUT2D eigenvalue weighted by molar-refractivity contribution is -0.414. The topological polar surface area (TPSA) is 90.3 Å². The Bertz CT molecular complexity index is 790. The molecular formula is C18H20ClN4O3-. The third kappa shape index (κ3) is 4.23. The largest absolute Gasteiger partial charge is 0.851 e. The van der Waals surface area contributed by atoms with Crippen LogP contribution in [0.2, 0.25) is 5.02 Å². The van der Waals surface area contributed by atoms with Crippen molar-refractivity contribution in [2.45, 2.75) is 31.5 Å². The molecular weight excluding hydrogens is 356 g/mol. The first-order chi connectivity index (χ1) is 12.4. The summed E-state index contributed by atoms with van der Waals surface area (Å²) in [5, 5.41) is 19.4. The molecule has 0 aliphatic carbocycles. The summed E-state index contributed by atoms with van der Waals surface area (Å²) in [6, 6.07) is 8.15. The number of benzene rings is 1. The molecule has 1 N–H and O–H groups in total. The molecule has 138 valence electrons. The van der Waals surface area contributed by atoms with Crippen molar-refractivity contribution in [1.82, 2.24) is 20.0 Å². The number of likely N-dealkylation sites (tertiary alicyclic amines) is 1. The molecule has 1 unspecified atom stereocenters. The van der Waals surface area contributed by atoms with Crippen LogP contribution in [0, 0.1) is 0 Å². The first kappa shape index (κ1) is 18.4. The van der Waals surface area contributed by atoms with Gasteiger partial charge in [0.1, 0.15) is 6.04 Å². The molecule has 7 nitrogen and oxygen atoms in total. The van der Waals surface area contributed by atoms with Gasteiger partial charge in [-0.25, -0.2) is 0 Å². The monoisotopic (exact) mass is 375 g/mol. The molecule has 0 spiro atoms. The van der Waals surface area contributed by atoms with Crippen molar-refractivity contribution in [1.29, 1.82) is 0 Å². The van der Waals surface area contributed by atoms with E-state index in [9.17, 15) is 14.7 Å². The highest BCUT2D eigenvalue weighted by Crippen LogP contribution is 2.19. The first-order valence-corrected chi connectivity index (χ1v) is 8.76. The van der Waals surface area contributed by atoms with Crippen LogP contribution >= 0.6 is 11.6 Å². The van der Waals surface area contributed by atoms with Crippen molar-refractivity contribution in [3.8, 4) is 0 Å². The number of hydrogen-bond donors (Lipinski definition) is 1. The molecule has 1 aliphatic heterocycles. The lowest BCUT2D eigenvalue weighted by Crippen LogP contribution is -2.46. The van der Waals surface area contributed by atoms with Crippen LogP contribution in [-0.2, 0) is 29.6 Å². The molecule has 1 saturated heterocycles. The van der Waals surface area contributed by atoms with Gasteiger partial charge < -0.3 is 15.3 Å². The maximum absolute atomic E-state index is 12.6. The summed E-state index contributed by atoms with van der Waals surface area (Å²) < 4.78 is 1.61. The normalized spacial score (nSPS) is 19.6. The third-order valence-corrected chi connectivity index (χ3v) is 4.77. The summed E-state index contributed by atoms with van der Waals surface area (Å²) >= 11 is 5.84. The maximum atomic E-state index is 12.6. The van der Waals surface area contributed by atoms with E-state index in [-0.39, 0.29) is 31.2 Å². The molecule has 1 aromatic heterocycles. The summed E-state index contributed by atoms with van der Waals surface area (Å²) in [6.07, 6.45) is 0.907. The van der Waals surface area contributed by atoms with Crippen LogP contribution in [0.4, 0.5) is 0 Å². The summed E-state index contributed by atoms with van der Waals surface area (Å²) in [4.78, 5) is 26.5. The van der Waals surface area contributed by atoms with Gasteiger partial charge >= 0.3 is 0 Å². The molecule has 0 radical (unpaired) electrons. The van der Waals surface area contributed by atoms with E-state index in [1.807, 2.05) is 12.1 Å². The quantitative estimate of drug-likeness (QED) is 0.811. The van der Waals surface area contributed by atoms with Crippen molar-refractivity contribution in [2.24, 2.45) is 7.05 Å². The van der Waals surface area contributed by atoms with Crippen molar-refractivity contribution >= 4 is 23.4 Å². The SMILES string of the molecule is Cn1nccc1CC(=O)N1CC([O-])C[C@H]1C(=O)NCc1ccc(Cl)cc1. The Labute approximate surface area is 156 Å². The summed E-state index contributed by atoms with van der Waals surface area (Å²) in [5.74, 6) is -0.546. The van der Waals surface area contributed by atoms with Gasteiger partial charge in [-0.15, -0.1) is 6.10 Å². The standard InChI is InChI=1S/C18H20ClN4O3/c1-22-14(6-7-21-22)8-17(25)23-11-15(24)9-16(23)18(26)20-10-12-2-4-13(19)5-3-12/h2-7,15-16H,8-11H2,1H3,(H,20,26)/q-1/t15?,16-/m0/s1. The van der Waals surface area contributed by atoms with Gasteiger partial charge in [0.25, 0.3) is 0 Å². The fourth-order valence-corrected chi connectivity index (χ4v) is 3.19. The zero-order chi connectivity index (χ0) is 18.7. The van der Waals surface area contributed by atoms with E-state index in [4.69, 9.17) is 11.6 Å². The molecule has 26 heavy (non-hydrogen) atoms. The zero-order valence-electron chi connectivity index (χ0n) is 14.4. The zero-order valence-corrected chi connectivity index (χ0v) is 15.1. The maximum Gasteiger partial charge on any atom is 0.243 e. The first-order valence-electron chi connectivity index (χ1n) is 8.38. The fraction of sp³-hybridized carbons (Fsp3) is 0.389. The van der Waals surface area contributed by atoms with Crippen molar-refractivity contribution in [3.63, 3.8) is 0 Å². The molecule has 0 saturated carbocycles. The number of aromatic nitrogens is 2. The van der Waals surface area contributed by atoms with Gasteiger partial charge in [-0.1, -0.05) is 23.7 Å². The van der Waals surface area contributed by atoms with E-state index >= 15 is 0 Å². The fourth-order valence-electron chi connectivity index (χ4n) is 3.06. The van der Waals surface area contributed by atoms with Gasteiger partial charge in [0.2, 0.25) is 11.8 Å². The summed E-state index contributed by atoms with van der Waals surface area (Å²) in [6.45, 7) is 0.371. The van der Waals surface area contributed by atoms with Crippen molar-refractivity contribution < 1.29 is 14.7 Å². The average molecular weight is 376 g/mol. The molecule has 1 aromatic carbocycles. The number of carbonyl (C=O) groups is 2. The second kappa shape index (κ2) is 7.88. The second-order valence-corrected chi connectivity index (χ2v) is 6.82. The van der Waals surface area contributed by atoms with E-state index in [2.05, 4.69) is 10.4 Å². The van der Waals surface area contributed by atoms with Gasteiger partial charge in [-0.2, -0.15) is 5.10 Å². The van der Waals surface area contributed by atoms with Gasteiger partial charge in [-0.3, -0.25) is 14.3 Å². The molecule has 8 heteroatoms. The Kier molecular flexibility index (Phi) is 5.58. The van der Waals surface area contributed by atoms with Gasteiger partial charge in [0.15, 0.2) is 0 Å². The van der Waals surface area contributed by atoms with Crippen LogP contribution in [-0.4, -0.2) is 45.2 Å². The molecule has 2 atom stereocenters. The van der Waals surface area contributed by atoms with E-state index in [0.29, 0.717) is 11.6 Å². The van der Waals surface area contributed by atoms with Crippen LogP contribution in [0.5, 0.6) is 0 Å². The Morgan fingerprint density at radius 3 is 2.69 bits per heavy atom. The molecule has 3 rings (SSSR count). The number of carbonyl (C=O) groups excluding carboxylic acids is 2. The number of nitrogens with one attached hydrogen (secondary N) is 1. The molecule has 0 bridgehead atoms. The smallest absolute Gasteiger partial charge is 0.243 e. The van der Waals surface area contributed by atoms with Crippen molar-refractivity contribution in [3.05, 3.63) is 52.8 Å². The average Bonchev–Trinajstić information content (AvgIpc) is 3.20. The van der Waals surface area contributed by atoms with Crippen LogP contribution < -0.4 is 10.4 Å². The number of nitrogens with zero attached hydrogens (tertiary/aromatic N) is 3. The van der Waals surface area contributed by atoms with Gasteiger partial charge in [0, 0.05) is 37.1 Å². The molecule has 2 heterocycles. The third-order valence-electron chi connectivity index (χ3n) is 4.52. The summed E-state index contributed by atoms with van der Waals surface area (Å²) in [7, 11) is 1.75. The van der Waals surface area contributed by atoms with E-state index in [1.165, 1.54) is 4.90 Å². The Hall–Kier alpha value is -2.38. The van der Waals surface area contributed by atoms with E-state index in [0.717, 1.165) is 11.3 Å². The van der Waals surface area contributed by atoms with Crippen molar-refractivity contribution in [2.75, 3.05) is 6.54 Å². The predicted molar refractivity (Wildman–Crippen MR) is 94.1 cm³/mol. The highest BCUT2D eigenvalue weighted by molar-refractivity contribution is 6.30. The van der Waals surface area contributed by atoms with Gasteiger partial charge in [0.05, 0.1) is 6.42 Å². The lowest BCUT2D eigenvalue weighted by Gasteiger charge is -2.24.